The highest BCUT2D eigenvalue weighted by Gasteiger charge is 2.18. The van der Waals surface area contributed by atoms with Crippen molar-refractivity contribution in [3.8, 4) is 11.6 Å². The third-order valence-electron chi connectivity index (χ3n) is 2.36. The van der Waals surface area contributed by atoms with Gasteiger partial charge in [0.15, 0.2) is 5.82 Å². The number of aromatic nitrogens is 4. The van der Waals surface area contributed by atoms with Gasteiger partial charge in [-0.1, -0.05) is 19.0 Å². The third-order valence-corrected chi connectivity index (χ3v) is 2.36. The first kappa shape index (κ1) is 11.5. The zero-order valence-corrected chi connectivity index (χ0v) is 9.54. The fourth-order valence-electron chi connectivity index (χ4n) is 1.24. The second-order valence-electron chi connectivity index (χ2n) is 4.03. The van der Waals surface area contributed by atoms with Crippen molar-refractivity contribution in [2.75, 3.05) is 0 Å². The summed E-state index contributed by atoms with van der Waals surface area (Å²) in [6.45, 7) is 3.94. The summed E-state index contributed by atoms with van der Waals surface area (Å²) in [5.41, 5.74) is 6.02. The molecule has 0 amide bonds. The van der Waals surface area contributed by atoms with Crippen molar-refractivity contribution >= 4 is 0 Å². The van der Waals surface area contributed by atoms with Crippen molar-refractivity contribution in [2.45, 2.75) is 19.9 Å². The molecule has 17 heavy (non-hydrogen) atoms. The third kappa shape index (κ3) is 2.39. The number of hydrogen-bond donors (Lipinski definition) is 2. The molecule has 0 saturated carbocycles. The minimum Gasteiger partial charge on any atom is -0.332 e. The van der Waals surface area contributed by atoms with Crippen molar-refractivity contribution < 1.29 is 4.52 Å². The van der Waals surface area contributed by atoms with Gasteiger partial charge in [-0.15, -0.1) is 0 Å². The average Bonchev–Trinajstić information content (AvgIpc) is 2.78. The standard InChI is InChI=1S/C10H13N5O2/c1-5(2)8(11)9-12-10(17-15-9)6-3-4-7(16)14-13-6/h3-5,8H,11H2,1-2H3,(H,14,16). The van der Waals surface area contributed by atoms with E-state index in [4.69, 9.17) is 10.3 Å². The Morgan fingerprint density at radius 3 is 2.76 bits per heavy atom. The fourth-order valence-corrected chi connectivity index (χ4v) is 1.24. The van der Waals surface area contributed by atoms with Gasteiger partial charge in [0, 0.05) is 6.07 Å². The van der Waals surface area contributed by atoms with Gasteiger partial charge in [-0.05, 0) is 12.0 Å². The Hall–Kier alpha value is -2.02. The summed E-state index contributed by atoms with van der Waals surface area (Å²) in [7, 11) is 0. The molecule has 2 heterocycles. The summed E-state index contributed by atoms with van der Waals surface area (Å²) >= 11 is 0. The summed E-state index contributed by atoms with van der Waals surface area (Å²) < 4.78 is 5.04. The van der Waals surface area contributed by atoms with Crippen molar-refractivity contribution in [2.24, 2.45) is 11.7 Å². The van der Waals surface area contributed by atoms with E-state index in [9.17, 15) is 4.79 Å². The van der Waals surface area contributed by atoms with Crippen LogP contribution in [0.3, 0.4) is 0 Å². The molecule has 0 aliphatic rings. The fraction of sp³-hybridized carbons (Fsp3) is 0.400. The lowest BCUT2D eigenvalue weighted by Gasteiger charge is -2.09. The SMILES string of the molecule is CC(C)C(N)c1noc(-c2ccc(=O)[nH]n2)n1. The second-order valence-corrected chi connectivity index (χ2v) is 4.03. The summed E-state index contributed by atoms with van der Waals surface area (Å²) in [4.78, 5) is 15.0. The molecule has 2 aromatic heterocycles. The van der Waals surface area contributed by atoms with Gasteiger partial charge in [-0.3, -0.25) is 4.79 Å². The lowest BCUT2D eigenvalue weighted by atomic mass is 10.1. The molecule has 1 atom stereocenters. The van der Waals surface area contributed by atoms with E-state index in [2.05, 4.69) is 20.3 Å². The first-order valence-corrected chi connectivity index (χ1v) is 5.23. The number of nitrogens with one attached hydrogen (secondary N) is 1. The van der Waals surface area contributed by atoms with Crippen LogP contribution < -0.4 is 11.3 Å². The van der Waals surface area contributed by atoms with Crippen LogP contribution in [0.15, 0.2) is 21.5 Å². The lowest BCUT2D eigenvalue weighted by molar-refractivity contribution is 0.399. The monoisotopic (exact) mass is 235 g/mol. The first-order valence-electron chi connectivity index (χ1n) is 5.23. The smallest absolute Gasteiger partial charge is 0.278 e. The van der Waals surface area contributed by atoms with Gasteiger partial charge >= 0.3 is 0 Å². The van der Waals surface area contributed by atoms with E-state index in [1.54, 1.807) is 0 Å². The molecule has 0 bridgehead atoms. The quantitative estimate of drug-likeness (QED) is 0.800. The van der Waals surface area contributed by atoms with Crippen molar-refractivity contribution in [1.82, 2.24) is 20.3 Å². The maximum Gasteiger partial charge on any atom is 0.278 e. The van der Waals surface area contributed by atoms with Crippen LogP contribution in [0.25, 0.3) is 11.6 Å². The van der Waals surface area contributed by atoms with Gasteiger partial charge in [-0.25, -0.2) is 5.10 Å². The van der Waals surface area contributed by atoms with Gasteiger partial charge in [-0.2, -0.15) is 10.1 Å². The summed E-state index contributed by atoms with van der Waals surface area (Å²) in [5.74, 6) is 0.888. The van der Waals surface area contributed by atoms with Crippen molar-refractivity contribution in [1.29, 1.82) is 0 Å². The van der Waals surface area contributed by atoms with E-state index in [0.717, 1.165) is 0 Å². The zero-order chi connectivity index (χ0) is 12.4. The van der Waals surface area contributed by atoms with Crippen LogP contribution >= 0.6 is 0 Å². The van der Waals surface area contributed by atoms with E-state index in [-0.39, 0.29) is 23.4 Å². The lowest BCUT2D eigenvalue weighted by Crippen LogP contribution is -2.18. The van der Waals surface area contributed by atoms with Gasteiger partial charge in [0.2, 0.25) is 0 Å². The summed E-state index contributed by atoms with van der Waals surface area (Å²) in [5, 5.41) is 9.88. The Bertz CT molecular complexity index is 539. The Labute approximate surface area is 97.0 Å². The minimum absolute atomic E-state index is 0.212. The predicted octanol–water partition coefficient (Wildman–Crippen LogP) is 0.476. The van der Waals surface area contributed by atoms with E-state index in [0.29, 0.717) is 11.5 Å². The predicted molar refractivity (Wildman–Crippen MR) is 59.9 cm³/mol. The molecule has 0 radical (unpaired) electrons. The summed E-state index contributed by atoms with van der Waals surface area (Å²) in [6, 6.07) is 2.57. The molecule has 2 rings (SSSR count). The number of hydrogen-bond acceptors (Lipinski definition) is 6. The Balaban J connectivity index is 2.29. The molecule has 3 N–H and O–H groups in total. The highest BCUT2D eigenvalue weighted by molar-refractivity contribution is 5.44. The van der Waals surface area contributed by atoms with Crippen LogP contribution in [0.1, 0.15) is 25.7 Å². The molecule has 0 fully saturated rings. The Morgan fingerprint density at radius 1 is 1.41 bits per heavy atom. The van der Waals surface area contributed by atoms with Gasteiger partial charge in [0.1, 0.15) is 5.69 Å². The van der Waals surface area contributed by atoms with Gasteiger partial charge < -0.3 is 10.3 Å². The van der Waals surface area contributed by atoms with Crippen LogP contribution in [0, 0.1) is 5.92 Å². The normalized spacial score (nSPS) is 12.9. The molecule has 7 heteroatoms. The van der Waals surface area contributed by atoms with Crippen LogP contribution in [-0.4, -0.2) is 20.3 Å². The van der Waals surface area contributed by atoms with Gasteiger partial charge in [0.05, 0.1) is 6.04 Å². The van der Waals surface area contributed by atoms with Crippen LogP contribution in [-0.2, 0) is 0 Å². The van der Waals surface area contributed by atoms with Crippen molar-refractivity contribution in [3.63, 3.8) is 0 Å². The molecule has 0 saturated heterocycles. The zero-order valence-electron chi connectivity index (χ0n) is 9.54. The molecular weight excluding hydrogens is 222 g/mol. The van der Waals surface area contributed by atoms with Crippen LogP contribution in [0.2, 0.25) is 0 Å². The molecular formula is C10H13N5O2. The molecule has 1 unspecified atom stereocenters. The highest BCUT2D eigenvalue weighted by atomic mass is 16.5. The molecule has 90 valence electrons. The van der Waals surface area contributed by atoms with Gasteiger partial charge in [0.25, 0.3) is 11.4 Å². The Kier molecular flexibility index (Phi) is 3.01. The largest absolute Gasteiger partial charge is 0.332 e. The molecule has 0 aliphatic carbocycles. The molecule has 0 aliphatic heterocycles. The number of aromatic amines is 1. The Morgan fingerprint density at radius 2 is 2.18 bits per heavy atom. The summed E-state index contributed by atoms with van der Waals surface area (Å²) in [6.07, 6.45) is 0. The highest BCUT2D eigenvalue weighted by Crippen LogP contribution is 2.19. The molecule has 0 spiro atoms. The van der Waals surface area contributed by atoms with E-state index >= 15 is 0 Å². The van der Waals surface area contributed by atoms with Crippen LogP contribution in [0.4, 0.5) is 0 Å². The average molecular weight is 235 g/mol. The number of nitrogens with zero attached hydrogens (tertiary/aromatic N) is 3. The van der Waals surface area contributed by atoms with E-state index in [1.807, 2.05) is 13.8 Å². The first-order chi connectivity index (χ1) is 8.08. The molecule has 2 aromatic rings. The minimum atomic E-state index is -0.285. The van der Waals surface area contributed by atoms with Crippen molar-refractivity contribution in [3.05, 3.63) is 28.3 Å². The number of nitrogens with two attached hydrogens (primary N) is 1. The van der Waals surface area contributed by atoms with E-state index in [1.165, 1.54) is 12.1 Å². The van der Waals surface area contributed by atoms with Crippen LogP contribution in [0.5, 0.6) is 0 Å². The number of rotatable bonds is 3. The maximum atomic E-state index is 10.9. The molecule has 0 aromatic carbocycles. The topological polar surface area (TPSA) is 111 Å². The second kappa shape index (κ2) is 4.46. The maximum absolute atomic E-state index is 10.9. The van der Waals surface area contributed by atoms with E-state index < -0.39 is 0 Å². The number of H-pyrrole nitrogens is 1. The molecule has 7 nitrogen and oxygen atoms in total.